The number of hydrogen-bond acceptors (Lipinski definition) is 2. The number of rotatable bonds is 8. The molecule has 1 unspecified atom stereocenters. The van der Waals surface area contributed by atoms with Crippen LogP contribution in [0.4, 0.5) is 10.1 Å². The van der Waals surface area contributed by atoms with Crippen molar-refractivity contribution in [2.75, 3.05) is 18.0 Å². The zero-order valence-electron chi connectivity index (χ0n) is 13.8. The van der Waals surface area contributed by atoms with E-state index in [1.165, 1.54) is 12.8 Å². The van der Waals surface area contributed by atoms with Gasteiger partial charge in [-0.25, -0.2) is 4.39 Å². The van der Waals surface area contributed by atoms with Crippen molar-refractivity contribution in [3.05, 3.63) is 29.6 Å². The lowest BCUT2D eigenvalue weighted by atomic mass is 10.0. The smallest absolute Gasteiger partial charge is 0.146 e. The zero-order chi connectivity index (χ0) is 15.4. The third-order valence-corrected chi connectivity index (χ3v) is 4.22. The fourth-order valence-electron chi connectivity index (χ4n) is 2.86. The largest absolute Gasteiger partial charge is 0.366 e. The second-order valence-electron chi connectivity index (χ2n) is 6.56. The number of benzene rings is 1. The molecule has 1 aliphatic carbocycles. The van der Waals surface area contributed by atoms with E-state index in [-0.39, 0.29) is 11.9 Å². The molecule has 1 atom stereocenters. The van der Waals surface area contributed by atoms with Crippen molar-refractivity contribution in [2.24, 2.45) is 5.92 Å². The standard InChI is InChI=1S/C18H29FN2/c1-5-20-14(4)16-7-6-8-17(19)18(16)21(15-9-10-15)12-11-13(2)3/h6-8,13-15,20H,5,9-12H2,1-4H3. The first-order valence-corrected chi connectivity index (χ1v) is 8.33. The molecule has 0 radical (unpaired) electrons. The first kappa shape index (κ1) is 16.3. The van der Waals surface area contributed by atoms with Crippen LogP contribution in [0.3, 0.4) is 0 Å². The second-order valence-corrected chi connectivity index (χ2v) is 6.56. The van der Waals surface area contributed by atoms with E-state index in [0.29, 0.717) is 12.0 Å². The van der Waals surface area contributed by atoms with Gasteiger partial charge in [0.2, 0.25) is 0 Å². The van der Waals surface area contributed by atoms with E-state index in [9.17, 15) is 4.39 Å². The molecule has 1 N–H and O–H groups in total. The van der Waals surface area contributed by atoms with E-state index < -0.39 is 0 Å². The molecule has 1 saturated carbocycles. The average molecular weight is 292 g/mol. The maximum Gasteiger partial charge on any atom is 0.146 e. The highest BCUT2D eigenvalue weighted by Gasteiger charge is 2.32. The number of hydrogen-bond donors (Lipinski definition) is 1. The lowest BCUT2D eigenvalue weighted by Crippen LogP contribution is -2.31. The summed E-state index contributed by atoms with van der Waals surface area (Å²) in [5, 5.41) is 3.42. The molecule has 0 aliphatic heterocycles. The molecule has 0 heterocycles. The van der Waals surface area contributed by atoms with Crippen LogP contribution in [-0.4, -0.2) is 19.1 Å². The van der Waals surface area contributed by atoms with E-state index in [1.54, 1.807) is 6.07 Å². The fraction of sp³-hybridized carbons (Fsp3) is 0.667. The summed E-state index contributed by atoms with van der Waals surface area (Å²) in [5.74, 6) is 0.570. The Hall–Kier alpha value is -1.09. The van der Waals surface area contributed by atoms with Gasteiger partial charge in [-0.2, -0.15) is 0 Å². The van der Waals surface area contributed by atoms with Crippen molar-refractivity contribution in [1.29, 1.82) is 0 Å². The fourth-order valence-corrected chi connectivity index (χ4v) is 2.86. The molecular formula is C18H29FN2. The molecule has 0 spiro atoms. The van der Waals surface area contributed by atoms with Gasteiger partial charge in [-0.3, -0.25) is 0 Å². The third-order valence-electron chi connectivity index (χ3n) is 4.22. The lowest BCUT2D eigenvalue weighted by molar-refractivity contribution is 0.546. The normalized spacial score (nSPS) is 16.3. The van der Waals surface area contributed by atoms with Crippen molar-refractivity contribution in [3.63, 3.8) is 0 Å². The molecule has 2 rings (SSSR count). The van der Waals surface area contributed by atoms with Gasteiger partial charge >= 0.3 is 0 Å². The van der Waals surface area contributed by atoms with Crippen LogP contribution in [-0.2, 0) is 0 Å². The van der Waals surface area contributed by atoms with Crippen molar-refractivity contribution in [3.8, 4) is 0 Å². The SMILES string of the molecule is CCNC(C)c1cccc(F)c1N(CCC(C)C)C1CC1. The highest BCUT2D eigenvalue weighted by molar-refractivity contribution is 5.57. The van der Waals surface area contributed by atoms with Crippen LogP contribution in [0.2, 0.25) is 0 Å². The quantitative estimate of drug-likeness (QED) is 0.758. The zero-order valence-corrected chi connectivity index (χ0v) is 13.8. The van der Waals surface area contributed by atoms with Gasteiger partial charge in [0.25, 0.3) is 0 Å². The summed E-state index contributed by atoms with van der Waals surface area (Å²) in [6.07, 6.45) is 3.50. The van der Waals surface area contributed by atoms with Crippen LogP contribution in [0.25, 0.3) is 0 Å². The Labute approximate surface area is 128 Å². The number of nitrogens with one attached hydrogen (secondary N) is 1. The molecule has 0 aromatic heterocycles. The molecule has 1 aliphatic rings. The van der Waals surface area contributed by atoms with E-state index in [0.717, 1.165) is 30.8 Å². The molecule has 2 nitrogen and oxygen atoms in total. The van der Waals surface area contributed by atoms with Gasteiger partial charge in [0.15, 0.2) is 0 Å². The summed E-state index contributed by atoms with van der Waals surface area (Å²) in [6, 6.07) is 6.21. The molecule has 3 heteroatoms. The molecular weight excluding hydrogens is 263 g/mol. The molecule has 1 aromatic carbocycles. The van der Waals surface area contributed by atoms with Crippen LogP contribution in [0.5, 0.6) is 0 Å². The van der Waals surface area contributed by atoms with Crippen LogP contribution in [0.1, 0.15) is 58.6 Å². The Balaban J connectivity index is 2.29. The van der Waals surface area contributed by atoms with E-state index in [2.05, 4.69) is 44.0 Å². The Morgan fingerprint density at radius 2 is 2.00 bits per heavy atom. The summed E-state index contributed by atoms with van der Waals surface area (Å²) < 4.78 is 14.5. The Bertz CT molecular complexity index is 455. The highest BCUT2D eigenvalue weighted by Crippen LogP contribution is 2.37. The topological polar surface area (TPSA) is 15.3 Å². The van der Waals surface area contributed by atoms with E-state index in [1.807, 2.05) is 6.07 Å². The molecule has 1 aromatic rings. The minimum absolute atomic E-state index is 0.0760. The van der Waals surface area contributed by atoms with Gasteiger partial charge in [-0.15, -0.1) is 0 Å². The maximum absolute atomic E-state index is 14.5. The maximum atomic E-state index is 14.5. The van der Waals surface area contributed by atoms with Gasteiger partial charge in [0, 0.05) is 18.6 Å². The van der Waals surface area contributed by atoms with Crippen LogP contribution in [0, 0.1) is 11.7 Å². The Morgan fingerprint density at radius 3 is 2.57 bits per heavy atom. The summed E-state index contributed by atoms with van der Waals surface area (Å²) in [5.41, 5.74) is 1.92. The number of halogens is 1. The number of anilines is 1. The molecule has 0 bridgehead atoms. The predicted molar refractivity (Wildman–Crippen MR) is 88.3 cm³/mol. The van der Waals surface area contributed by atoms with Gasteiger partial charge in [-0.05, 0) is 50.3 Å². The van der Waals surface area contributed by atoms with Gasteiger partial charge in [0.1, 0.15) is 5.82 Å². The van der Waals surface area contributed by atoms with Crippen LogP contribution < -0.4 is 10.2 Å². The molecule has 0 saturated heterocycles. The number of nitrogens with zero attached hydrogens (tertiary/aromatic N) is 1. The van der Waals surface area contributed by atoms with Gasteiger partial charge in [0.05, 0.1) is 5.69 Å². The predicted octanol–water partition coefficient (Wildman–Crippen LogP) is 4.51. The highest BCUT2D eigenvalue weighted by atomic mass is 19.1. The van der Waals surface area contributed by atoms with Crippen molar-refractivity contribution >= 4 is 5.69 Å². The van der Waals surface area contributed by atoms with Crippen LogP contribution in [0.15, 0.2) is 18.2 Å². The van der Waals surface area contributed by atoms with Crippen LogP contribution >= 0.6 is 0 Å². The molecule has 1 fully saturated rings. The number of para-hydroxylation sites is 1. The monoisotopic (exact) mass is 292 g/mol. The molecule has 118 valence electrons. The molecule has 0 amide bonds. The van der Waals surface area contributed by atoms with Crippen molar-refractivity contribution in [2.45, 2.75) is 59.0 Å². The second kappa shape index (κ2) is 7.26. The summed E-state index contributed by atoms with van der Waals surface area (Å²) >= 11 is 0. The minimum atomic E-state index is -0.0760. The first-order valence-electron chi connectivity index (χ1n) is 8.33. The third kappa shape index (κ3) is 4.19. The minimum Gasteiger partial charge on any atom is -0.366 e. The Kier molecular flexibility index (Phi) is 5.63. The Morgan fingerprint density at radius 1 is 1.29 bits per heavy atom. The van der Waals surface area contributed by atoms with E-state index in [4.69, 9.17) is 0 Å². The average Bonchev–Trinajstić information content (AvgIpc) is 3.25. The first-order chi connectivity index (χ1) is 10.0. The molecule has 21 heavy (non-hydrogen) atoms. The van der Waals surface area contributed by atoms with Crippen molar-refractivity contribution < 1.29 is 4.39 Å². The summed E-state index contributed by atoms with van der Waals surface area (Å²) in [7, 11) is 0. The van der Waals surface area contributed by atoms with Gasteiger partial charge in [-0.1, -0.05) is 32.9 Å². The van der Waals surface area contributed by atoms with Gasteiger partial charge < -0.3 is 10.2 Å². The summed E-state index contributed by atoms with van der Waals surface area (Å²) in [6.45, 7) is 10.5. The summed E-state index contributed by atoms with van der Waals surface area (Å²) in [4.78, 5) is 2.32. The lowest BCUT2D eigenvalue weighted by Gasteiger charge is -2.30. The van der Waals surface area contributed by atoms with Crippen molar-refractivity contribution in [1.82, 2.24) is 5.32 Å². The van der Waals surface area contributed by atoms with E-state index >= 15 is 0 Å².